The second-order valence-corrected chi connectivity index (χ2v) is 21.0. The van der Waals surface area contributed by atoms with Crippen LogP contribution in [0.15, 0.2) is 279 Å². The Kier molecular flexibility index (Phi) is 10.1. The lowest BCUT2D eigenvalue weighted by molar-refractivity contribution is 1.07. The number of nitrogens with zero attached hydrogens (tertiary/aromatic N) is 8. The first-order valence-corrected chi connectivity index (χ1v) is 27.7. The zero-order valence-electron chi connectivity index (χ0n) is 44.1. The predicted molar refractivity (Wildman–Crippen MR) is 337 cm³/mol. The zero-order valence-corrected chi connectivity index (χ0v) is 44.1. The van der Waals surface area contributed by atoms with E-state index >= 15 is 0 Å². The Labute approximate surface area is 470 Å². The third kappa shape index (κ3) is 6.91. The fourth-order valence-electron chi connectivity index (χ4n) is 13.0. The van der Waals surface area contributed by atoms with Gasteiger partial charge in [0.25, 0.3) is 0 Å². The molecular weight excluding hydrogens is 1000 g/mol. The number of fused-ring (bicyclic) bond motifs is 12. The molecule has 0 fully saturated rings. The summed E-state index contributed by atoms with van der Waals surface area (Å²) in [5.41, 5.74) is 17.2. The Morgan fingerprint density at radius 1 is 0.244 bits per heavy atom. The summed E-state index contributed by atoms with van der Waals surface area (Å²) in [4.78, 5) is 21.5. The summed E-state index contributed by atoms with van der Waals surface area (Å²) in [5, 5.41) is 9.45. The minimum Gasteiger partial charge on any atom is -0.309 e. The fourth-order valence-corrected chi connectivity index (χ4v) is 13.0. The number of para-hydroxylation sites is 6. The number of hydrogen-bond acceptors (Lipinski definition) is 4. The van der Waals surface area contributed by atoms with Crippen LogP contribution in [0.4, 0.5) is 0 Å². The van der Waals surface area contributed by atoms with Gasteiger partial charge in [0, 0.05) is 82.9 Å². The molecule has 0 radical (unpaired) electrons. The second-order valence-electron chi connectivity index (χ2n) is 21.0. The van der Waals surface area contributed by atoms with E-state index in [9.17, 15) is 0 Å². The Morgan fingerprint density at radius 2 is 0.598 bits per heavy atom. The van der Waals surface area contributed by atoms with Crippen LogP contribution < -0.4 is 0 Å². The van der Waals surface area contributed by atoms with Gasteiger partial charge in [-0.1, -0.05) is 182 Å². The molecule has 8 nitrogen and oxygen atoms in total. The van der Waals surface area contributed by atoms with Gasteiger partial charge in [0.1, 0.15) is 0 Å². The normalized spacial score (nSPS) is 11.9. The van der Waals surface area contributed by atoms with E-state index in [0.717, 1.165) is 94.3 Å². The van der Waals surface area contributed by atoms with E-state index in [2.05, 4.69) is 255 Å². The highest BCUT2D eigenvalue weighted by molar-refractivity contribution is 6.15. The van der Waals surface area contributed by atoms with Gasteiger partial charge in [0.2, 0.25) is 0 Å². The van der Waals surface area contributed by atoms with Crippen LogP contribution in [0.1, 0.15) is 0 Å². The van der Waals surface area contributed by atoms with Crippen molar-refractivity contribution in [3.8, 4) is 68.2 Å². The second kappa shape index (κ2) is 18.2. The quantitative estimate of drug-likeness (QED) is 0.152. The number of benzene rings is 11. The number of pyridine rings is 1. The highest BCUT2D eigenvalue weighted by Crippen LogP contribution is 2.45. The molecule has 0 spiro atoms. The molecule has 0 saturated heterocycles. The van der Waals surface area contributed by atoms with E-state index in [1.165, 1.54) is 43.6 Å². The molecule has 382 valence electrons. The summed E-state index contributed by atoms with van der Waals surface area (Å²) < 4.78 is 9.60. The van der Waals surface area contributed by atoms with E-state index in [4.69, 9.17) is 19.9 Å². The SMILES string of the molecule is c1ccc(-c2nc(-c3ccccc3)nc(-c3cccc(-n4c5ccccc5c5cc(-n6c7ccccc7c7ccccc76)ccc54)c3-c3ncccc3-n3c4ccccc4c4cc(-n5c6ccccc6c6ccccc65)ccc43)n2)cc1. The summed E-state index contributed by atoms with van der Waals surface area (Å²) in [5.74, 6) is 1.70. The van der Waals surface area contributed by atoms with Gasteiger partial charge < -0.3 is 18.3 Å². The Balaban J connectivity index is 0.949. The van der Waals surface area contributed by atoms with E-state index in [1.54, 1.807) is 0 Å². The lowest BCUT2D eigenvalue weighted by Crippen LogP contribution is -2.06. The molecule has 0 bridgehead atoms. The van der Waals surface area contributed by atoms with Crippen LogP contribution >= 0.6 is 0 Å². The van der Waals surface area contributed by atoms with Gasteiger partial charge in [-0.05, 0) is 91.0 Å². The highest BCUT2D eigenvalue weighted by Gasteiger charge is 2.27. The lowest BCUT2D eigenvalue weighted by atomic mass is 9.98. The first kappa shape index (κ1) is 45.8. The summed E-state index contributed by atoms with van der Waals surface area (Å²) >= 11 is 0. The van der Waals surface area contributed by atoms with Crippen LogP contribution in [0.2, 0.25) is 0 Å². The van der Waals surface area contributed by atoms with Crippen molar-refractivity contribution in [3.05, 3.63) is 279 Å². The van der Waals surface area contributed by atoms with Crippen molar-refractivity contribution in [2.24, 2.45) is 0 Å². The molecule has 17 rings (SSSR count). The first-order valence-electron chi connectivity index (χ1n) is 27.7. The van der Waals surface area contributed by atoms with Crippen LogP contribution in [0, 0.1) is 0 Å². The lowest BCUT2D eigenvalue weighted by Gasteiger charge is -2.20. The predicted octanol–water partition coefficient (Wildman–Crippen LogP) is 18.3. The van der Waals surface area contributed by atoms with Crippen molar-refractivity contribution in [2.75, 3.05) is 0 Å². The minimum atomic E-state index is 0.536. The van der Waals surface area contributed by atoms with Gasteiger partial charge in [0.15, 0.2) is 17.5 Å². The average Bonchev–Trinajstić information content (AvgIpc) is 2.71. The van der Waals surface area contributed by atoms with Crippen LogP contribution in [0.5, 0.6) is 0 Å². The standard InChI is InChI=1S/C74H46N8/c1-3-21-47(22-4-1)72-76-73(48-23-5-2-6-24-48)78-74(77-72)57-31-19-38-68(81-64-36-17-11-29-55(64)58-45-49(40-42-66(58)81)79-60-32-13-7-25-51(60)52-26-8-14-33-61(52)79)70(57)71-69(39-20-44-75-71)82-65-37-18-12-30-56(65)59-46-50(41-43-67(59)82)80-62-34-15-9-27-53(62)54-28-10-16-35-63(54)80/h1-46H. The third-order valence-corrected chi connectivity index (χ3v) is 16.5. The van der Waals surface area contributed by atoms with Gasteiger partial charge in [-0.3, -0.25) is 4.98 Å². The van der Waals surface area contributed by atoms with Crippen molar-refractivity contribution in [2.45, 2.75) is 0 Å². The van der Waals surface area contributed by atoms with Crippen LogP contribution in [0.3, 0.4) is 0 Å². The van der Waals surface area contributed by atoms with Crippen molar-refractivity contribution >= 4 is 87.2 Å². The molecule has 0 aliphatic carbocycles. The first-order chi connectivity index (χ1) is 40.7. The number of hydrogen-bond donors (Lipinski definition) is 0. The summed E-state index contributed by atoms with van der Waals surface area (Å²) in [6.45, 7) is 0. The van der Waals surface area contributed by atoms with E-state index in [0.29, 0.717) is 17.5 Å². The monoisotopic (exact) mass is 1050 g/mol. The molecule has 0 aliphatic rings. The molecule has 0 aliphatic heterocycles. The number of rotatable bonds is 8. The molecule has 0 unspecified atom stereocenters. The molecule has 82 heavy (non-hydrogen) atoms. The third-order valence-electron chi connectivity index (χ3n) is 16.5. The average molecular weight is 1050 g/mol. The maximum absolute atomic E-state index is 5.52. The smallest absolute Gasteiger partial charge is 0.164 e. The van der Waals surface area contributed by atoms with Gasteiger partial charge in [-0.2, -0.15) is 0 Å². The maximum atomic E-state index is 5.52. The fraction of sp³-hybridized carbons (Fsp3) is 0. The molecule has 0 amide bonds. The summed E-state index contributed by atoms with van der Waals surface area (Å²) in [7, 11) is 0. The Morgan fingerprint density at radius 3 is 1.05 bits per heavy atom. The molecule has 6 aromatic heterocycles. The largest absolute Gasteiger partial charge is 0.309 e. The minimum absolute atomic E-state index is 0.536. The van der Waals surface area contributed by atoms with Crippen molar-refractivity contribution in [3.63, 3.8) is 0 Å². The molecule has 0 atom stereocenters. The van der Waals surface area contributed by atoms with Gasteiger partial charge in [-0.25, -0.2) is 15.0 Å². The molecule has 8 heteroatoms. The molecule has 17 aromatic rings. The summed E-state index contributed by atoms with van der Waals surface area (Å²) in [6, 6.07) is 97.3. The van der Waals surface area contributed by atoms with E-state index in [-0.39, 0.29) is 0 Å². The van der Waals surface area contributed by atoms with Crippen molar-refractivity contribution in [1.29, 1.82) is 0 Å². The van der Waals surface area contributed by atoms with E-state index in [1.807, 2.05) is 42.6 Å². The van der Waals surface area contributed by atoms with Crippen molar-refractivity contribution < 1.29 is 0 Å². The van der Waals surface area contributed by atoms with Gasteiger partial charge >= 0.3 is 0 Å². The molecule has 0 N–H and O–H groups in total. The molecular formula is C74H46N8. The molecule has 11 aromatic carbocycles. The van der Waals surface area contributed by atoms with Crippen LogP contribution in [0.25, 0.3) is 155 Å². The van der Waals surface area contributed by atoms with Gasteiger partial charge in [-0.15, -0.1) is 0 Å². The maximum Gasteiger partial charge on any atom is 0.164 e. The highest BCUT2D eigenvalue weighted by atomic mass is 15.1. The zero-order chi connectivity index (χ0) is 53.8. The molecule has 6 heterocycles. The summed E-state index contributed by atoms with van der Waals surface area (Å²) in [6.07, 6.45) is 1.91. The van der Waals surface area contributed by atoms with Crippen molar-refractivity contribution in [1.82, 2.24) is 38.2 Å². The van der Waals surface area contributed by atoms with Crippen LogP contribution in [-0.4, -0.2) is 38.2 Å². The van der Waals surface area contributed by atoms with Crippen LogP contribution in [-0.2, 0) is 0 Å². The van der Waals surface area contributed by atoms with Gasteiger partial charge in [0.05, 0.1) is 61.2 Å². The topological polar surface area (TPSA) is 71.3 Å². The van der Waals surface area contributed by atoms with E-state index < -0.39 is 0 Å². The molecule has 0 saturated carbocycles. The number of aromatic nitrogens is 8. The Bertz CT molecular complexity index is 5250. The Hall–Kier alpha value is -11.2.